The number of nitrogens with zero attached hydrogens (tertiary/aromatic N) is 2. The van der Waals surface area contributed by atoms with Crippen LogP contribution in [0, 0.1) is 0 Å². The molecule has 3 rings (SSSR count). The van der Waals surface area contributed by atoms with E-state index in [1.165, 1.54) is 11.1 Å². The van der Waals surface area contributed by atoms with Crippen molar-refractivity contribution in [3.05, 3.63) is 84.2 Å². The quantitative estimate of drug-likeness (QED) is 0.701. The van der Waals surface area contributed by atoms with Crippen molar-refractivity contribution in [1.29, 1.82) is 0 Å². The molecule has 21 heavy (non-hydrogen) atoms. The Kier molecular flexibility index (Phi) is 4.44. The number of para-hydroxylation sites is 1. The molecule has 3 aromatic rings. The summed E-state index contributed by atoms with van der Waals surface area (Å²) in [5.41, 5.74) is 3.76. The van der Waals surface area contributed by atoms with Gasteiger partial charge >= 0.3 is 0 Å². The minimum Gasteiger partial charge on any atom is -0.312 e. The van der Waals surface area contributed by atoms with Gasteiger partial charge in [-0.2, -0.15) is 5.10 Å². The zero-order valence-electron chi connectivity index (χ0n) is 11.9. The highest BCUT2D eigenvalue weighted by molar-refractivity contribution is 5.40. The molecule has 3 heteroatoms. The summed E-state index contributed by atoms with van der Waals surface area (Å²) >= 11 is 0. The maximum atomic E-state index is 4.31. The Labute approximate surface area is 125 Å². The first-order valence-electron chi connectivity index (χ1n) is 7.26. The summed E-state index contributed by atoms with van der Waals surface area (Å²) in [4.78, 5) is 0. The monoisotopic (exact) mass is 277 g/mol. The number of aromatic nitrogens is 2. The summed E-state index contributed by atoms with van der Waals surface area (Å²) in [5.74, 6) is 0. The number of benzene rings is 2. The fraction of sp³-hybridized carbons (Fsp3) is 0.167. The molecule has 0 spiro atoms. The van der Waals surface area contributed by atoms with E-state index in [0.29, 0.717) is 0 Å². The minimum absolute atomic E-state index is 0.850. The summed E-state index contributed by atoms with van der Waals surface area (Å²) in [6.07, 6.45) is 4.83. The Morgan fingerprint density at radius 3 is 2.52 bits per heavy atom. The van der Waals surface area contributed by atoms with E-state index in [-0.39, 0.29) is 0 Å². The Morgan fingerprint density at radius 1 is 0.905 bits per heavy atom. The van der Waals surface area contributed by atoms with Gasteiger partial charge < -0.3 is 5.32 Å². The van der Waals surface area contributed by atoms with Crippen molar-refractivity contribution in [1.82, 2.24) is 15.1 Å². The molecular weight excluding hydrogens is 258 g/mol. The van der Waals surface area contributed by atoms with Crippen molar-refractivity contribution in [2.24, 2.45) is 0 Å². The molecule has 0 amide bonds. The lowest BCUT2D eigenvalue weighted by molar-refractivity contribution is 0.681. The molecule has 0 saturated heterocycles. The minimum atomic E-state index is 0.850. The number of nitrogens with one attached hydrogen (secondary N) is 1. The fourth-order valence-corrected chi connectivity index (χ4v) is 2.40. The summed E-state index contributed by atoms with van der Waals surface area (Å²) < 4.78 is 1.91. The fourth-order valence-electron chi connectivity index (χ4n) is 2.40. The predicted octanol–water partition coefficient (Wildman–Crippen LogP) is 3.20. The molecule has 0 fully saturated rings. The summed E-state index contributed by atoms with van der Waals surface area (Å²) in [6, 6.07) is 20.9. The molecule has 106 valence electrons. The molecule has 1 aromatic heterocycles. The molecule has 3 nitrogen and oxygen atoms in total. The van der Waals surface area contributed by atoms with E-state index in [1.807, 2.05) is 23.0 Å². The van der Waals surface area contributed by atoms with Gasteiger partial charge in [0.25, 0.3) is 0 Å². The van der Waals surface area contributed by atoms with E-state index >= 15 is 0 Å². The van der Waals surface area contributed by atoms with Gasteiger partial charge in [0.15, 0.2) is 0 Å². The highest BCUT2D eigenvalue weighted by atomic mass is 15.3. The van der Waals surface area contributed by atoms with Gasteiger partial charge in [-0.05, 0) is 36.2 Å². The van der Waals surface area contributed by atoms with Crippen LogP contribution in [0.4, 0.5) is 0 Å². The first kappa shape index (κ1) is 13.6. The highest BCUT2D eigenvalue weighted by Gasteiger charge is 2.03. The molecular formula is C18H19N3. The van der Waals surface area contributed by atoms with Gasteiger partial charge in [-0.1, -0.05) is 48.5 Å². The molecule has 0 aliphatic carbocycles. The average Bonchev–Trinajstić information content (AvgIpc) is 3.07. The smallest absolute Gasteiger partial charge is 0.0690 e. The molecule has 0 unspecified atom stereocenters. The van der Waals surface area contributed by atoms with Crippen molar-refractivity contribution in [2.45, 2.75) is 13.0 Å². The Bertz CT molecular complexity index is 660. The van der Waals surface area contributed by atoms with Crippen LogP contribution in [0.5, 0.6) is 0 Å². The third-order valence-electron chi connectivity index (χ3n) is 3.49. The van der Waals surface area contributed by atoms with E-state index < -0.39 is 0 Å². The first-order valence-corrected chi connectivity index (χ1v) is 7.26. The van der Waals surface area contributed by atoms with Crippen LogP contribution in [0.25, 0.3) is 5.69 Å². The second kappa shape index (κ2) is 6.86. The lowest BCUT2D eigenvalue weighted by Gasteiger charge is -2.10. The summed E-state index contributed by atoms with van der Waals surface area (Å²) in [7, 11) is 0. The number of rotatable bonds is 6. The molecule has 2 aromatic carbocycles. The molecule has 0 aliphatic heterocycles. The van der Waals surface area contributed by atoms with Crippen LogP contribution >= 0.6 is 0 Å². The van der Waals surface area contributed by atoms with Crippen molar-refractivity contribution in [3.63, 3.8) is 0 Å². The predicted molar refractivity (Wildman–Crippen MR) is 85.4 cm³/mol. The number of hydrogen-bond donors (Lipinski definition) is 1. The first-order chi connectivity index (χ1) is 10.4. The van der Waals surface area contributed by atoms with Crippen LogP contribution in [0.15, 0.2) is 73.1 Å². The van der Waals surface area contributed by atoms with E-state index in [9.17, 15) is 0 Å². The van der Waals surface area contributed by atoms with E-state index in [1.54, 1.807) is 6.20 Å². The van der Waals surface area contributed by atoms with Crippen molar-refractivity contribution in [2.75, 3.05) is 6.54 Å². The van der Waals surface area contributed by atoms with Crippen molar-refractivity contribution in [3.8, 4) is 5.69 Å². The highest BCUT2D eigenvalue weighted by Crippen LogP contribution is 2.13. The van der Waals surface area contributed by atoms with Gasteiger partial charge in [0.1, 0.15) is 0 Å². The Balaban J connectivity index is 1.59. The normalized spacial score (nSPS) is 10.7. The standard InChI is InChI=1S/C18H19N3/c1-2-7-16(8-3-1)11-13-19-15-17-9-4-5-10-18(17)21-14-6-12-20-21/h1-10,12,14,19H,11,13,15H2. The molecule has 0 atom stereocenters. The average molecular weight is 277 g/mol. The third kappa shape index (κ3) is 3.58. The molecule has 1 N–H and O–H groups in total. The van der Waals surface area contributed by atoms with Crippen molar-refractivity contribution >= 4 is 0 Å². The Morgan fingerprint density at radius 2 is 1.71 bits per heavy atom. The van der Waals surface area contributed by atoms with E-state index in [2.05, 4.69) is 58.9 Å². The SMILES string of the molecule is c1ccc(CCNCc2ccccc2-n2cccn2)cc1. The van der Waals surface area contributed by atoms with Crippen LogP contribution < -0.4 is 5.32 Å². The van der Waals surface area contributed by atoms with Crippen LogP contribution in [0.1, 0.15) is 11.1 Å². The second-order valence-electron chi connectivity index (χ2n) is 4.99. The largest absolute Gasteiger partial charge is 0.312 e. The Hall–Kier alpha value is -2.39. The lowest BCUT2D eigenvalue weighted by atomic mass is 10.1. The van der Waals surface area contributed by atoms with Gasteiger partial charge in [0.2, 0.25) is 0 Å². The molecule has 0 saturated carbocycles. The third-order valence-corrected chi connectivity index (χ3v) is 3.49. The van der Waals surface area contributed by atoms with Gasteiger partial charge in [-0.15, -0.1) is 0 Å². The van der Waals surface area contributed by atoms with Crippen LogP contribution in [-0.2, 0) is 13.0 Å². The van der Waals surface area contributed by atoms with Crippen LogP contribution in [0.2, 0.25) is 0 Å². The summed E-state index contributed by atoms with van der Waals surface area (Å²) in [6.45, 7) is 1.82. The van der Waals surface area contributed by atoms with Crippen LogP contribution in [0.3, 0.4) is 0 Å². The maximum absolute atomic E-state index is 4.31. The number of hydrogen-bond acceptors (Lipinski definition) is 2. The molecule has 0 bridgehead atoms. The molecule has 0 radical (unpaired) electrons. The second-order valence-corrected chi connectivity index (χ2v) is 4.99. The van der Waals surface area contributed by atoms with Gasteiger partial charge in [-0.25, -0.2) is 4.68 Å². The van der Waals surface area contributed by atoms with E-state index in [4.69, 9.17) is 0 Å². The zero-order chi connectivity index (χ0) is 14.3. The van der Waals surface area contributed by atoms with Gasteiger partial charge in [-0.3, -0.25) is 0 Å². The van der Waals surface area contributed by atoms with Gasteiger partial charge in [0, 0.05) is 18.9 Å². The topological polar surface area (TPSA) is 29.9 Å². The lowest BCUT2D eigenvalue weighted by Crippen LogP contribution is -2.18. The van der Waals surface area contributed by atoms with Crippen molar-refractivity contribution < 1.29 is 0 Å². The zero-order valence-corrected chi connectivity index (χ0v) is 11.9. The molecule has 1 heterocycles. The van der Waals surface area contributed by atoms with E-state index in [0.717, 1.165) is 25.2 Å². The van der Waals surface area contributed by atoms with Gasteiger partial charge in [0.05, 0.1) is 5.69 Å². The molecule has 0 aliphatic rings. The summed E-state index contributed by atoms with van der Waals surface area (Å²) in [5, 5.41) is 7.82. The van der Waals surface area contributed by atoms with Crippen LogP contribution in [-0.4, -0.2) is 16.3 Å². The maximum Gasteiger partial charge on any atom is 0.0690 e.